The Balaban J connectivity index is 2.35. The lowest BCUT2D eigenvalue weighted by molar-refractivity contribution is -0.259. The first-order chi connectivity index (χ1) is 12.9. The van der Waals surface area contributed by atoms with Crippen LogP contribution in [0.15, 0.2) is 35.6 Å². The molecule has 1 aliphatic rings. The van der Waals surface area contributed by atoms with Crippen molar-refractivity contribution in [3.63, 3.8) is 0 Å². The van der Waals surface area contributed by atoms with Crippen LogP contribution in [0.1, 0.15) is 5.56 Å². The minimum atomic E-state index is -1.68. The van der Waals surface area contributed by atoms with Crippen molar-refractivity contribution < 1.29 is 30.0 Å². The van der Waals surface area contributed by atoms with Crippen LogP contribution in [0.2, 0.25) is 0 Å². The number of alkyl halides is 1. The molecule has 1 fully saturated rings. The first-order valence-electron chi connectivity index (χ1n) is 8.26. The van der Waals surface area contributed by atoms with Gasteiger partial charge in [0.15, 0.2) is 6.23 Å². The summed E-state index contributed by atoms with van der Waals surface area (Å²) >= 11 is 5.59. The van der Waals surface area contributed by atoms with Gasteiger partial charge < -0.3 is 25.2 Å². The number of hydrogen-bond donors (Lipinski definition) is 4. The van der Waals surface area contributed by atoms with Gasteiger partial charge in [0.05, 0.1) is 25.0 Å². The minimum Gasteiger partial charge on any atom is -0.394 e. The van der Waals surface area contributed by atoms with E-state index in [1.807, 2.05) is 0 Å². The second-order valence-electron chi connectivity index (χ2n) is 6.01. The normalized spacial score (nSPS) is 27.8. The quantitative estimate of drug-likeness (QED) is 0.276. The molecule has 2 rings (SSSR count). The number of carbonyl (C=O) groups is 1. The summed E-state index contributed by atoms with van der Waals surface area (Å²) in [6.45, 7) is -0.907. The Morgan fingerprint density at radius 3 is 2.37 bits per heavy atom. The summed E-state index contributed by atoms with van der Waals surface area (Å²) in [6.07, 6.45) is -7.56. The summed E-state index contributed by atoms with van der Waals surface area (Å²) in [5.41, 5.74) is 0.652. The molecule has 1 aromatic rings. The Morgan fingerprint density at radius 1 is 1.15 bits per heavy atom. The zero-order valence-corrected chi connectivity index (χ0v) is 15.1. The van der Waals surface area contributed by atoms with E-state index < -0.39 is 43.3 Å². The molecule has 1 saturated heterocycles. The molecule has 0 bridgehead atoms. The Morgan fingerprint density at radius 2 is 1.81 bits per heavy atom. The van der Waals surface area contributed by atoms with Gasteiger partial charge in [0.25, 0.3) is 0 Å². The molecule has 11 heteroatoms. The molecule has 1 aromatic carbocycles. The number of urea groups is 1. The van der Waals surface area contributed by atoms with Crippen LogP contribution in [0.3, 0.4) is 0 Å². The van der Waals surface area contributed by atoms with Crippen LogP contribution in [-0.4, -0.2) is 86.0 Å². The number of nitroso groups, excluding NO2 is 1. The number of carbonyl (C=O) groups excluding carboxylic acids is 1. The van der Waals surface area contributed by atoms with Crippen molar-refractivity contribution in [3.8, 4) is 0 Å². The number of aliphatic hydroxyl groups is 4. The van der Waals surface area contributed by atoms with E-state index in [9.17, 15) is 30.1 Å². The Hall–Kier alpha value is -1.82. The van der Waals surface area contributed by atoms with Gasteiger partial charge in [-0.1, -0.05) is 30.3 Å². The zero-order valence-electron chi connectivity index (χ0n) is 14.3. The molecule has 27 heavy (non-hydrogen) atoms. The highest BCUT2D eigenvalue weighted by atomic mass is 35.5. The number of aliphatic hydroxyl groups excluding tert-OH is 4. The third-order valence-corrected chi connectivity index (χ3v) is 4.40. The van der Waals surface area contributed by atoms with Crippen LogP contribution in [-0.2, 0) is 11.3 Å². The van der Waals surface area contributed by atoms with Gasteiger partial charge in [-0.3, -0.25) is 4.90 Å². The second kappa shape index (κ2) is 9.93. The number of amides is 2. The predicted molar refractivity (Wildman–Crippen MR) is 94.4 cm³/mol. The van der Waals surface area contributed by atoms with E-state index in [0.717, 1.165) is 4.90 Å². The van der Waals surface area contributed by atoms with Gasteiger partial charge in [0, 0.05) is 5.88 Å². The highest BCUT2D eigenvalue weighted by Gasteiger charge is 2.47. The predicted octanol–water partition coefficient (Wildman–Crippen LogP) is -0.369. The molecule has 4 N–H and O–H groups in total. The van der Waals surface area contributed by atoms with Crippen molar-refractivity contribution >= 4 is 17.6 Å². The zero-order chi connectivity index (χ0) is 20.0. The first-order valence-corrected chi connectivity index (χ1v) is 8.79. The molecule has 150 valence electrons. The summed E-state index contributed by atoms with van der Waals surface area (Å²) in [5, 5.41) is 42.8. The summed E-state index contributed by atoms with van der Waals surface area (Å²) < 4.78 is 5.45. The van der Waals surface area contributed by atoms with Gasteiger partial charge in [-0.25, -0.2) is 4.79 Å². The highest BCUT2D eigenvalue weighted by Crippen LogP contribution is 2.26. The van der Waals surface area contributed by atoms with Crippen molar-refractivity contribution in [2.45, 2.75) is 37.2 Å². The number of rotatable bonds is 7. The number of benzene rings is 1. The topological polar surface area (TPSA) is 143 Å². The lowest BCUT2D eigenvalue weighted by Gasteiger charge is -2.44. The van der Waals surface area contributed by atoms with Gasteiger partial charge in [-0.05, 0) is 5.56 Å². The molecule has 0 radical (unpaired) electrons. The third-order valence-electron chi connectivity index (χ3n) is 4.23. The summed E-state index contributed by atoms with van der Waals surface area (Å²) in [7, 11) is 0. The van der Waals surface area contributed by atoms with Crippen molar-refractivity contribution in [3.05, 3.63) is 40.8 Å². The third kappa shape index (κ3) is 4.92. The van der Waals surface area contributed by atoms with Crippen LogP contribution in [0, 0.1) is 4.91 Å². The smallest absolute Gasteiger partial charge is 0.345 e. The second-order valence-corrected chi connectivity index (χ2v) is 6.39. The maximum Gasteiger partial charge on any atom is 0.345 e. The van der Waals surface area contributed by atoms with Crippen molar-refractivity contribution in [2.24, 2.45) is 5.29 Å². The van der Waals surface area contributed by atoms with E-state index in [4.69, 9.17) is 16.3 Å². The van der Waals surface area contributed by atoms with Crippen LogP contribution in [0.4, 0.5) is 4.79 Å². The van der Waals surface area contributed by atoms with E-state index in [0.29, 0.717) is 10.6 Å². The highest BCUT2D eigenvalue weighted by molar-refractivity contribution is 6.18. The molecule has 1 heterocycles. The SMILES string of the molecule is O=NN(CCCl)C(=O)N(Cc1ccccc1)C1O[C@H](CO)[C@H](O)[C@H](O)[C@H]1O. The lowest BCUT2D eigenvalue weighted by Crippen LogP contribution is -2.64. The Bertz CT molecular complexity index is 621. The molecule has 2 amide bonds. The maximum absolute atomic E-state index is 12.8. The van der Waals surface area contributed by atoms with Gasteiger partial charge in [-0.15, -0.1) is 16.5 Å². The van der Waals surface area contributed by atoms with E-state index in [1.54, 1.807) is 30.3 Å². The van der Waals surface area contributed by atoms with Gasteiger partial charge in [0.2, 0.25) is 0 Å². The average Bonchev–Trinajstić information content (AvgIpc) is 2.69. The Kier molecular flexibility index (Phi) is 7.90. The van der Waals surface area contributed by atoms with E-state index >= 15 is 0 Å². The maximum atomic E-state index is 12.8. The van der Waals surface area contributed by atoms with Gasteiger partial charge >= 0.3 is 6.03 Å². The Labute approximate surface area is 160 Å². The molecule has 0 spiro atoms. The van der Waals surface area contributed by atoms with Crippen molar-refractivity contribution in [2.75, 3.05) is 19.0 Å². The fourth-order valence-corrected chi connectivity index (χ4v) is 2.95. The fourth-order valence-electron chi connectivity index (χ4n) is 2.79. The molecule has 5 atom stereocenters. The van der Waals surface area contributed by atoms with Gasteiger partial charge in [0.1, 0.15) is 24.4 Å². The molecule has 0 aromatic heterocycles. The fraction of sp³-hybridized carbons (Fsp3) is 0.562. The average molecular weight is 404 g/mol. The largest absolute Gasteiger partial charge is 0.394 e. The molecular weight excluding hydrogens is 382 g/mol. The van der Waals surface area contributed by atoms with Gasteiger partial charge in [-0.2, -0.15) is 5.01 Å². The van der Waals surface area contributed by atoms with Crippen LogP contribution in [0.25, 0.3) is 0 Å². The van der Waals surface area contributed by atoms with Crippen molar-refractivity contribution in [1.82, 2.24) is 9.91 Å². The number of ether oxygens (including phenoxy) is 1. The number of hydrogen-bond acceptors (Lipinski definition) is 8. The molecule has 1 aliphatic heterocycles. The summed E-state index contributed by atoms with van der Waals surface area (Å²) in [4.78, 5) is 24.8. The molecule has 10 nitrogen and oxygen atoms in total. The van der Waals surface area contributed by atoms with Crippen LogP contribution >= 0.6 is 11.6 Å². The lowest BCUT2D eigenvalue weighted by atomic mass is 9.97. The standard InChI is InChI=1S/C16H22ClN3O7/c17-6-7-20(18-26)16(25)19(8-10-4-2-1-3-5-10)15-14(24)13(23)12(22)11(9-21)27-15/h1-5,11-15,21-24H,6-9H2/t11-,12+,13+,14-,15?/m1/s1. The van der Waals surface area contributed by atoms with Crippen LogP contribution < -0.4 is 0 Å². The van der Waals surface area contributed by atoms with Crippen molar-refractivity contribution in [1.29, 1.82) is 0 Å². The molecule has 1 unspecified atom stereocenters. The molecule has 0 aliphatic carbocycles. The van der Waals surface area contributed by atoms with Crippen LogP contribution in [0.5, 0.6) is 0 Å². The minimum absolute atomic E-state index is 0.0503. The summed E-state index contributed by atoms with van der Waals surface area (Å²) in [6, 6.07) is 7.77. The number of halogens is 1. The monoisotopic (exact) mass is 403 g/mol. The van der Waals surface area contributed by atoms with E-state index in [2.05, 4.69) is 5.29 Å². The molecule has 0 saturated carbocycles. The summed E-state index contributed by atoms with van der Waals surface area (Å²) in [5.74, 6) is -0.0503. The van der Waals surface area contributed by atoms with E-state index in [-0.39, 0.29) is 19.0 Å². The van der Waals surface area contributed by atoms with E-state index in [1.165, 1.54) is 0 Å². The molecular formula is C16H22ClN3O7. The number of nitrogens with zero attached hydrogens (tertiary/aromatic N) is 3. The first kappa shape index (κ1) is 21.5.